The molecule has 0 N–H and O–H groups in total. The van der Waals surface area contributed by atoms with Crippen LogP contribution in [0.2, 0.25) is 0 Å². The minimum absolute atomic E-state index is 0.0148. The third kappa shape index (κ3) is 4.78. The third-order valence-electron chi connectivity index (χ3n) is 5.80. The maximum Gasteiger partial charge on any atom is 0.227 e. The minimum atomic E-state index is -0.543. The van der Waals surface area contributed by atoms with Crippen LogP contribution in [0.25, 0.3) is 28.2 Å². The zero-order chi connectivity index (χ0) is 24.1. The highest BCUT2D eigenvalue weighted by molar-refractivity contribution is 5.85. The van der Waals surface area contributed by atoms with Gasteiger partial charge in [-0.25, -0.2) is 13.9 Å². The number of alkyl halides is 1. The van der Waals surface area contributed by atoms with Gasteiger partial charge in [0, 0.05) is 35.5 Å². The van der Waals surface area contributed by atoms with E-state index in [-0.39, 0.29) is 18.9 Å². The van der Waals surface area contributed by atoms with Crippen molar-refractivity contribution in [2.24, 2.45) is 0 Å². The Labute approximate surface area is 199 Å². The second-order valence-electron chi connectivity index (χ2n) is 8.02. The quantitative estimate of drug-likeness (QED) is 0.347. The Morgan fingerprint density at radius 3 is 2.38 bits per heavy atom. The number of ether oxygens (including phenoxy) is 1. The van der Waals surface area contributed by atoms with Crippen LogP contribution >= 0.6 is 0 Å². The van der Waals surface area contributed by atoms with Crippen molar-refractivity contribution in [3.05, 3.63) is 71.9 Å². The number of benzene rings is 2. The number of aryl methyl sites for hydroxylation is 1. The lowest BCUT2D eigenvalue weighted by molar-refractivity contribution is -0.130. The number of hydrogen-bond acceptors (Lipinski definition) is 4. The summed E-state index contributed by atoms with van der Waals surface area (Å²) in [5.41, 5.74) is 5.79. The molecule has 2 aromatic heterocycles. The molecule has 2 heterocycles. The Morgan fingerprint density at radius 1 is 1.03 bits per heavy atom. The van der Waals surface area contributed by atoms with E-state index in [0.717, 1.165) is 28.1 Å². The summed E-state index contributed by atoms with van der Waals surface area (Å²) in [6.45, 7) is 6.67. The molecule has 0 saturated heterocycles. The lowest BCUT2D eigenvalue weighted by Crippen LogP contribution is -2.31. The van der Waals surface area contributed by atoms with Crippen molar-refractivity contribution < 1.29 is 13.9 Å². The summed E-state index contributed by atoms with van der Waals surface area (Å²) in [5, 5.41) is 4.94. The molecular weight excluding hydrogens is 431 g/mol. The maximum absolute atomic E-state index is 13.1. The number of likely N-dealkylation sites (N-methyl/N-ethyl adjacent to an activating group) is 1. The first-order valence-corrected chi connectivity index (χ1v) is 11.6. The van der Waals surface area contributed by atoms with Crippen molar-refractivity contribution in [2.75, 3.05) is 26.4 Å². The molecule has 0 aliphatic rings. The summed E-state index contributed by atoms with van der Waals surface area (Å²) in [4.78, 5) is 19.7. The topological polar surface area (TPSA) is 59.7 Å². The molecule has 4 rings (SSSR count). The van der Waals surface area contributed by atoms with E-state index in [0.29, 0.717) is 30.2 Å². The van der Waals surface area contributed by atoms with E-state index in [1.165, 1.54) is 0 Å². The van der Waals surface area contributed by atoms with Crippen LogP contribution in [0.3, 0.4) is 0 Å². The molecule has 0 unspecified atom stereocenters. The molecule has 0 aliphatic carbocycles. The van der Waals surface area contributed by atoms with Crippen LogP contribution in [0.15, 0.2) is 60.7 Å². The van der Waals surface area contributed by atoms with Crippen LogP contribution in [0.4, 0.5) is 4.39 Å². The first kappa shape index (κ1) is 23.4. The molecule has 4 aromatic rings. The fourth-order valence-electron chi connectivity index (χ4n) is 4.10. The van der Waals surface area contributed by atoms with Gasteiger partial charge >= 0.3 is 0 Å². The summed E-state index contributed by atoms with van der Waals surface area (Å²) in [6, 6.07) is 19.4. The summed E-state index contributed by atoms with van der Waals surface area (Å²) >= 11 is 0. The van der Waals surface area contributed by atoms with Gasteiger partial charge in [-0.15, -0.1) is 0 Å². The molecule has 0 saturated carbocycles. The molecule has 0 atom stereocenters. The number of nitrogens with zero attached hydrogens (tertiary/aromatic N) is 4. The molecule has 0 bridgehead atoms. The van der Waals surface area contributed by atoms with Crippen LogP contribution in [0, 0.1) is 6.92 Å². The molecule has 0 radical (unpaired) electrons. The van der Waals surface area contributed by atoms with E-state index < -0.39 is 6.67 Å². The van der Waals surface area contributed by atoms with Crippen molar-refractivity contribution in [3.8, 4) is 28.3 Å². The molecular formula is C27H29FN4O2. The predicted molar refractivity (Wildman–Crippen MR) is 132 cm³/mol. The van der Waals surface area contributed by atoms with Gasteiger partial charge in [0.2, 0.25) is 5.91 Å². The summed E-state index contributed by atoms with van der Waals surface area (Å²) in [6.07, 6.45) is 0.200. The van der Waals surface area contributed by atoms with Crippen molar-refractivity contribution >= 4 is 11.6 Å². The van der Waals surface area contributed by atoms with Crippen molar-refractivity contribution in [3.63, 3.8) is 0 Å². The van der Waals surface area contributed by atoms with Crippen molar-refractivity contribution in [1.82, 2.24) is 19.5 Å². The fraction of sp³-hybridized carbons (Fsp3) is 0.296. The Balaban J connectivity index is 1.88. The average molecular weight is 461 g/mol. The van der Waals surface area contributed by atoms with E-state index in [2.05, 4.69) is 0 Å². The molecule has 0 aliphatic heterocycles. The van der Waals surface area contributed by atoms with Crippen LogP contribution in [-0.4, -0.2) is 51.8 Å². The van der Waals surface area contributed by atoms with Gasteiger partial charge in [0.1, 0.15) is 19.0 Å². The SMILES string of the molecule is CCN(CC)C(=O)Cc1c(-c2ccc(OCCF)cc2)nn2c(-c3ccccc3)cc(C)nc12. The second kappa shape index (κ2) is 10.5. The van der Waals surface area contributed by atoms with E-state index in [9.17, 15) is 9.18 Å². The lowest BCUT2D eigenvalue weighted by atomic mass is 10.0. The van der Waals surface area contributed by atoms with Crippen molar-refractivity contribution in [1.29, 1.82) is 0 Å². The summed E-state index contributed by atoms with van der Waals surface area (Å²) < 4.78 is 19.7. The Hall–Kier alpha value is -3.74. The molecule has 0 spiro atoms. The van der Waals surface area contributed by atoms with Crippen LogP contribution in [-0.2, 0) is 11.2 Å². The standard InChI is InChI=1S/C27H29FN4O2/c1-4-31(5-2)25(33)18-23-26(21-11-13-22(14-12-21)34-16-15-28)30-32-24(17-19(3)29-27(23)32)20-9-7-6-8-10-20/h6-14,17H,4-5,15-16,18H2,1-3H3. The van der Waals surface area contributed by atoms with Gasteiger partial charge in [-0.3, -0.25) is 4.79 Å². The Morgan fingerprint density at radius 2 is 1.74 bits per heavy atom. The third-order valence-corrected chi connectivity index (χ3v) is 5.80. The van der Waals surface area contributed by atoms with E-state index in [4.69, 9.17) is 14.8 Å². The number of rotatable bonds is 9. The fourth-order valence-corrected chi connectivity index (χ4v) is 4.10. The molecule has 1 amide bonds. The largest absolute Gasteiger partial charge is 0.491 e. The van der Waals surface area contributed by atoms with Gasteiger partial charge in [-0.1, -0.05) is 30.3 Å². The van der Waals surface area contributed by atoms with E-state index >= 15 is 0 Å². The highest BCUT2D eigenvalue weighted by Gasteiger charge is 2.23. The van der Waals surface area contributed by atoms with Gasteiger partial charge in [0.15, 0.2) is 5.65 Å². The summed E-state index contributed by atoms with van der Waals surface area (Å²) in [5.74, 6) is 0.624. The molecule has 6 nitrogen and oxygen atoms in total. The normalized spacial score (nSPS) is 11.1. The molecule has 2 aromatic carbocycles. The monoisotopic (exact) mass is 460 g/mol. The van der Waals surface area contributed by atoms with Crippen LogP contribution in [0.1, 0.15) is 25.1 Å². The van der Waals surface area contributed by atoms with E-state index in [1.54, 1.807) is 12.1 Å². The number of halogens is 1. The molecule has 176 valence electrons. The number of amides is 1. The number of carbonyl (C=O) groups excluding carboxylic acids is 1. The molecule has 0 fully saturated rings. The zero-order valence-corrected chi connectivity index (χ0v) is 19.8. The molecule has 34 heavy (non-hydrogen) atoms. The number of hydrogen-bond donors (Lipinski definition) is 0. The zero-order valence-electron chi connectivity index (χ0n) is 19.8. The van der Waals surface area contributed by atoms with Gasteiger partial charge < -0.3 is 9.64 Å². The number of aromatic nitrogens is 3. The minimum Gasteiger partial charge on any atom is -0.491 e. The smallest absolute Gasteiger partial charge is 0.227 e. The Kier molecular flexibility index (Phi) is 7.21. The van der Waals surface area contributed by atoms with Crippen molar-refractivity contribution in [2.45, 2.75) is 27.2 Å². The average Bonchev–Trinajstić information content (AvgIpc) is 3.21. The number of carbonyl (C=O) groups is 1. The van der Waals surface area contributed by atoms with Gasteiger partial charge in [0.25, 0.3) is 0 Å². The highest BCUT2D eigenvalue weighted by atomic mass is 19.1. The summed E-state index contributed by atoms with van der Waals surface area (Å²) in [7, 11) is 0. The lowest BCUT2D eigenvalue weighted by Gasteiger charge is -2.18. The van der Waals surface area contributed by atoms with Gasteiger partial charge in [0.05, 0.1) is 17.8 Å². The first-order chi connectivity index (χ1) is 16.5. The Bertz CT molecular complexity index is 1270. The van der Waals surface area contributed by atoms with Crippen LogP contribution in [0.5, 0.6) is 5.75 Å². The van der Waals surface area contributed by atoms with Gasteiger partial charge in [-0.05, 0) is 51.1 Å². The van der Waals surface area contributed by atoms with Crippen LogP contribution < -0.4 is 4.74 Å². The molecule has 7 heteroatoms. The van der Waals surface area contributed by atoms with Gasteiger partial charge in [-0.2, -0.15) is 5.10 Å². The second-order valence-corrected chi connectivity index (χ2v) is 8.02. The maximum atomic E-state index is 13.1. The highest BCUT2D eigenvalue weighted by Crippen LogP contribution is 2.31. The van der Waals surface area contributed by atoms with E-state index in [1.807, 2.05) is 78.7 Å². The number of fused-ring (bicyclic) bond motifs is 1. The first-order valence-electron chi connectivity index (χ1n) is 11.6. The predicted octanol–water partition coefficient (Wildman–Crippen LogP) is 5.13.